The predicted molar refractivity (Wildman–Crippen MR) is 79.2 cm³/mol. The molecule has 3 atom stereocenters. The minimum Gasteiger partial charge on any atom is -0.312 e. The molecule has 17 heavy (non-hydrogen) atoms. The van der Waals surface area contributed by atoms with Crippen LogP contribution in [-0.4, -0.2) is 58.6 Å². The van der Waals surface area contributed by atoms with E-state index in [0.717, 1.165) is 23.4 Å². The van der Waals surface area contributed by atoms with Gasteiger partial charge in [0.2, 0.25) is 0 Å². The Morgan fingerprint density at radius 1 is 1.29 bits per heavy atom. The van der Waals surface area contributed by atoms with Gasteiger partial charge in [-0.3, -0.25) is 4.90 Å². The van der Waals surface area contributed by atoms with Crippen LogP contribution < -0.4 is 5.32 Å². The number of thioether (sulfide) groups is 2. The van der Waals surface area contributed by atoms with Gasteiger partial charge in [-0.2, -0.15) is 23.5 Å². The quantitative estimate of drug-likeness (QED) is 0.842. The van der Waals surface area contributed by atoms with Gasteiger partial charge in [0.1, 0.15) is 0 Å². The summed E-state index contributed by atoms with van der Waals surface area (Å²) in [5.74, 6) is 4.07. The first-order chi connectivity index (χ1) is 8.33. The molecule has 0 aromatic carbocycles. The fraction of sp³-hybridized carbons (Fsp3) is 1.00. The lowest BCUT2D eigenvalue weighted by Gasteiger charge is -2.23. The molecule has 0 bridgehead atoms. The van der Waals surface area contributed by atoms with E-state index in [1.165, 1.54) is 49.6 Å². The van der Waals surface area contributed by atoms with Crippen LogP contribution in [0.1, 0.15) is 26.2 Å². The van der Waals surface area contributed by atoms with E-state index in [-0.39, 0.29) is 0 Å². The van der Waals surface area contributed by atoms with E-state index in [0.29, 0.717) is 0 Å². The third kappa shape index (κ3) is 3.34. The molecule has 2 heterocycles. The molecule has 0 aromatic rings. The molecule has 3 fully saturated rings. The van der Waals surface area contributed by atoms with E-state index in [1.54, 1.807) is 0 Å². The van der Waals surface area contributed by atoms with Crippen molar-refractivity contribution in [3.8, 4) is 0 Å². The summed E-state index contributed by atoms with van der Waals surface area (Å²) in [5.41, 5.74) is 0. The van der Waals surface area contributed by atoms with Crippen LogP contribution in [0.25, 0.3) is 0 Å². The Bertz CT molecular complexity index is 252. The van der Waals surface area contributed by atoms with Gasteiger partial charge in [0.25, 0.3) is 0 Å². The molecule has 4 heteroatoms. The number of likely N-dealkylation sites (tertiary alicyclic amines) is 1. The first-order valence-corrected chi connectivity index (χ1v) is 9.22. The molecule has 3 unspecified atom stereocenters. The number of hydrogen-bond acceptors (Lipinski definition) is 4. The molecule has 0 spiro atoms. The first kappa shape index (κ1) is 12.6. The largest absolute Gasteiger partial charge is 0.312 e. The lowest BCUT2D eigenvalue weighted by molar-refractivity contribution is 0.255. The SMILES string of the molecule is CC1CC(NCC2CSCCS2)CN1C1CC1. The summed E-state index contributed by atoms with van der Waals surface area (Å²) in [6.45, 7) is 4.94. The molecule has 0 aromatic heterocycles. The van der Waals surface area contributed by atoms with Crippen molar-refractivity contribution in [2.45, 2.75) is 49.6 Å². The third-order valence-corrected chi connectivity index (χ3v) is 7.00. The molecule has 1 N–H and O–H groups in total. The van der Waals surface area contributed by atoms with Crippen LogP contribution in [0.5, 0.6) is 0 Å². The van der Waals surface area contributed by atoms with Crippen LogP contribution in [0.15, 0.2) is 0 Å². The van der Waals surface area contributed by atoms with Crippen molar-refractivity contribution in [1.82, 2.24) is 10.2 Å². The maximum absolute atomic E-state index is 3.82. The highest BCUT2D eigenvalue weighted by atomic mass is 32.2. The van der Waals surface area contributed by atoms with Gasteiger partial charge in [-0.1, -0.05) is 0 Å². The molecular weight excluding hydrogens is 248 g/mol. The standard InChI is InChI=1S/C13H24N2S2/c1-10-6-11(8-15(10)12-2-3-12)14-7-13-9-16-4-5-17-13/h10-14H,2-9H2,1H3. The average molecular weight is 272 g/mol. The second kappa shape index (κ2) is 5.72. The lowest BCUT2D eigenvalue weighted by Crippen LogP contribution is -2.38. The zero-order valence-electron chi connectivity index (χ0n) is 10.7. The molecule has 1 saturated carbocycles. The van der Waals surface area contributed by atoms with Gasteiger partial charge in [0.05, 0.1) is 0 Å². The van der Waals surface area contributed by atoms with Crippen LogP contribution in [0.4, 0.5) is 0 Å². The van der Waals surface area contributed by atoms with E-state index in [1.807, 2.05) is 0 Å². The maximum Gasteiger partial charge on any atom is 0.0263 e. The summed E-state index contributed by atoms with van der Waals surface area (Å²) in [6, 6.07) is 2.52. The lowest BCUT2D eigenvalue weighted by atomic mass is 10.2. The average Bonchev–Trinajstić information content (AvgIpc) is 3.12. The van der Waals surface area contributed by atoms with E-state index < -0.39 is 0 Å². The van der Waals surface area contributed by atoms with E-state index in [2.05, 4.69) is 40.7 Å². The third-order valence-electron chi connectivity index (χ3n) is 4.16. The highest BCUT2D eigenvalue weighted by Crippen LogP contribution is 2.33. The summed E-state index contributed by atoms with van der Waals surface area (Å²) in [4.78, 5) is 2.74. The van der Waals surface area contributed by atoms with Crippen LogP contribution in [0.3, 0.4) is 0 Å². The normalized spacial score (nSPS) is 39.7. The molecule has 2 aliphatic heterocycles. The second-order valence-electron chi connectivity index (χ2n) is 5.69. The predicted octanol–water partition coefficient (Wildman–Crippen LogP) is 2.05. The minimum absolute atomic E-state index is 0.762. The van der Waals surface area contributed by atoms with Crippen molar-refractivity contribution in [1.29, 1.82) is 0 Å². The number of hydrogen-bond donors (Lipinski definition) is 1. The van der Waals surface area contributed by atoms with Crippen LogP contribution in [0, 0.1) is 0 Å². The number of nitrogens with one attached hydrogen (secondary N) is 1. The monoisotopic (exact) mass is 272 g/mol. The second-order valence-corrected chi connectivity index (χ2v) is 8.24. The Balaban J connectivity index is 1.40. The zero-order chi connectivity index (χ0) is 11.7. The van der Waals surface area contributed by atoms with Gasteiger partial charge in [-0.25, -0.2) is 0 Å². The van der Waals surface area contributed by atoms with Crippen molar-refractivity contribution in [2.75, 3.05) is 30.3 Å². The zero-order valence-corrected chi connectivity index (χ0v) is 12.4. The Morgan fingerprint density at radius 3 is 2.88 bits per heavy atom. The van der Waals surface area contributed by atoms with Crippen molar-refractivity contribution >= 4 is 23.5 Å². The minimum atomic E-state index is 0.762. The van der Waals surface area contributed by atoms with Crippen molar-refractivity contribution in [3.63, 3.8) is 0 Å². The van der Waals surface area contributed by atoms with Crippen molar-refractivity contribution < 1.29 is 0 Å². The maximum atomic E-state index is 3.82. The highest BCUT2D eigenvalue weighted by molar-refractivity contribution is 8.06. The molecule has 1 aliphatic carbocycles. The highest BCUT2D eigenvalue weighted by Gasteiger charge is 2.38. The molecule has 0 radical (unpaired) electrons. The molecular formula is C13H24N2S2. The van der Waals surface area contributed by atoms with E-state index >= 15 is 0 Å². The summed E-state index contributed by atoms with van der Waals surface area (Å²) >= 11 is 4.30. The van der Waals surface area contributed by atoms with Crippen LogP contribution in [0.2, 0.25) is 0 Å². The fourth-order valence-electron chi connectivity index (χ4n) is 3.07. The van der Waals surface area contributed by atoms with Crippen molar-refractivity contribution in [2.24, 2.45) is 0 Å². The fourth-order valence-corrected chi connectivity index (χ4v) is 5.70. The van der Waals surface area contributed by atoms with Crippen molar-refractivity contribution in [3.05, 3.63) is 0 Å². The van der Waals surface area contributed by atoms with E-state index in [4.69, 9.17) is 0 Å². The summed E-state index contributed by atoms with van der Waals surface area (Å²) in [5, 5.41) is 4.68. The molecule has 0 amide bonds. The van der Waals surface area contributed by atoms with E-state index in [9.17, 15) is 0 Å². The van der Waals surface area contributed by atoms with Gasteiger partial charge in [-0.15, -0.1) is 0 Å². The number of nitrogens with zero attached hydrogens (tertiary/aromatic N) is 1. The molecule has 3 rings (SSSR count). The Kier molecular flexibility index (Phi) is 4.26. The van der Waals surface area contributed by atoms with Gasteiger partial charge in [0.15, 0.2) is 0 Å². The summed E-state index contributed by atoms with van der Waals surface area (Å²) < 4.78 is 0. The molecule has 3 aliphatic rings. The molecule has 2 nitrogen and oxygen atoms in total. The number of rotatable bonds is 4. The Hall–Kier alpha value is 0.620. The smallest absolute Gasteiger partial charge is 0.0263 e. The topological polar surface area (TPSA) is 15.3 Å². The summed E-state index contributed by atoms with van der Waals surface area (Å²) in [6.07, 6.45) is 4.26. The van der Waals surface area contributed by atoms with Gasteiger partial charge in [0, 0.05) is 53.7 Å². The van der Waals surface area contributed by atoms with Gasteiger partial charge < -0.3 is 5.32 Å². The van der Waals surface area contributed by atoms with Gasteiger partial charge >= 0.3 is 0 Å². The first-order valence-electron chi connectivity index (χ1n) is 7.01. The van der Waals surface area contributed by atoms with Gasteiger partial charge in [-0.05, 0) is 26.2 Å². The molecule has 98 valence electrons. The summed E-state index contributed by atoms with van der Waals surface area (Å²) in [7, 11) is 0. The Labute approximate surface area is 114 Å². The molecule has 2 saturated heterocycles. The van der Waals surface area contributed by atoms with Crippen LogP contribution >= 0.6 is 23.5 Å². The van der Waals surface area contributed by atoms with Crippen LogP contribution in [-0.2, 0) is 0 Å². The Morgan fingerprint density at radius 2 is 2.18 bits per heavy atom.